The topological polar surface area (TPSA) is 91.8 Å². The Bertz CT molecular complexity index is 685. The van der Waals surface area contributed by atoms with Gasteiger partial charge in [0.05, 0.1) is 13.4 Å². The fourth-order valence-corrected chi connectivity index (χ4v) is 3.65. The van der Waals surface area contributed by atoms with Crippen LogP contribution in [0.3, 0.4) is 0 Å². The second-order valence-corrected chi connectivity index (χ2v) is 8.82. The maximum absolute atomic E-state index is 11.4. The predicted octanol–water partition coefficient (Wildman–Crippen LogP) is 1.68. The Kier molecular flexibility index (Phi) is 8.36. The number of ether oxygens (including phenoxy) is 1. The van der Waals surface area contributed by atoms with Gasteiger partial charge in [-0.15, -0.1) is 0 Å². The van der Waals surface area contributed by atoms with Gasteiger partial charge in [0.15, 0.2) is 5.96 Å². The Morgan fingerprint density at radius 3 is 2.35 bits per heavy atom. The Labute approximate surface area is 157 Å². The summed E-state index contributed by atoms with van der Waals surface area (Å²) in [6.45, 7) is 7.00. The van der Waals surface area contributed by atoms with Crippen LogP contribution in [0.25, 0.3) is 0 Å². The number of benzene rings is 1. The van der Waals surface area contributed by atoms with E-state index in [0.717, 1.165) is 25.0 Å². The molecule has 0 aliphatic heterocycles. The molecule has 1 atom stereocenters. The smallest absolute Gasteiger partial charge is 0.209 e. The molecule has 1 aromatic rings. The van der Waals surface area contributed by atoms with E-state index < -0.39 is 15.6 Å². The third kappa shape index (κ3) is 8.53. The van der Waals surface area contributed by atoms with Gasteiger partial charge in [-0.2, -0.15) is 0 Å². The van der Waals surface area contributed by atoms with Crippen LogP contribution in [0.5, 0.6) is 5.75 Å². The highest BCUT2D eigenvalue weighted by Gasteiger charge is 2.22. The molecule has 0 aliphatic rings. The second-order valence-electron chi connectivity index (χ2n) is 7.07. The molecule has 0 saturated heterocycles. The molecular weight excluding hydrogens is 352 g/mol. The molecule has 26 heavy (non-hydrogen) atoms. The van der Waals surface area contributed by atoms with E-state index in [2.05, 4.69) is 39.4 Å². The summed E-state index contributed by atoms with van der Waals surface area (Å²) in [5.74, 6) is 1.90. The molecular formula is C18H32N4O3S. The molecule has 0 bridgehead atoms. The van der Waals surface area contributed by atoms with Crippen LogP contribution in [0.4, 0.5) is 0 Å². The first-order chi connectivity index (χ1) is 12.1. The zero-order valence-corrected chi connectivity index (χ0v) is 17.4. The van der Waals surface area contributed by atoms with Crippen LogP contribution in [0, 0.1) is 0 Å². The predicted molar refractivity (Wildman–Crippen MR) is 107 cm³/mol. The van der Waals surface area contributed by atoms with Crippen LogP contribution in [0.1, 0.15) is 38.7 Å². The molecule has 7 nitrogen and oxygen atoms in total. The lowest BCUT2D eigenvalue weighted by atomic mass is 9.98. The molecule has 1 rings (SSSR count). The molecule has 1 aromatic carbocycles. The van der Waals surface area contributed by atoms with Crippen LogP contribution in [-0.2, 0) is 10.0 Å². The lowest BCUT2D eigenvalue weighted by Crippen LogP contribution is -2.53. The van der Waals surface area contributed by atoms with Crippen molar-refractivity contribution in [2.75, 3.05) is 33.5 Å². The lowest BCUT2D eigenvalue weighted by Gasteiger charge is -2.26. The van der Waals surface area contributed by atoms with Crippen LogP contribution >= 0.6 is 0 Å². The molecule has 0 spiro atoms. The van der Waals surface area contributed by atoms with E-state index in [-0.39, 0.29) is 0 Å². The Balaban J connectivity index is 2.44. The first kappa shape index (κ1) is 22.2. The SMILES string of the molecule is CN=C(NCCC(C)c1ccc(OC)cc1)NCC(C)(C)NS(C)(=O)=O. The fraction of sp³-hybridized carbons (Fsp3) is 0.611. The van der Waals surface area contributed by atoms with Crippen molar-refractivity contribution >= 4 is 16.0 Å². The van der Waals surface area contributed by atoms with Gasteiger partial charge in [-0.3, -0.25) is 4.99 Å². The summed E-state index contributed by atoms with van der Waals surface area (Å²) >= 11 is 0. The Morgan fingerprint density at radius 2 is 1.85 bits per heavy atom. The molecule has 0 amide bonds. The van der Waals surface area contributed by atoms with Gasteiger partial charge in [-0.05, 0) is 43.9 Å². The van der Waals surface area contributed by atoms with E-state index in [4.69, 9.17) is 4.74 Å². The summed E-state index contributed by atoms with van der Waals surface area (Å²) < 4.78 is 30.6. The van der Waals surface area contributed by atoms with E-state index in [1.165, 1.54) is 5.56 Å². The number of sulfonamides is 1. The normalized spacial score (nSPS) is 14.0. The highest BCUT2D eigenvalue weighted by atomic mass is 32.2. The number of hydrogen-bond acceptors (Lipinski definition) is 4. The Hall–Kier alpha value is -1.80. The van der Waals surface area contributed by atoms with Crippen LogP contribution in [-0.4, -0.2) is 53.4 Å². The van der Waals surface area contributed by atoms with Crippen molar-refractivity contribution in [2.45, 2.75) is 38.6 Å². The van der Waals surface area contributed by atoms with E-state index in [0.29, 0.717) is 18.4 Å². The highest BCUT2D eigenvalue weighted by molar-refractivity contribution is 7.88. The minimum Gasteiger partial charge on any atom is -0.497 e. The van der Waals surface area contributed by atoms with Crippen LogP contribution in [0.2, 0.25) is 0 Å². The summed E-state index contributed by atoms with van der Waals surface area (Å²) in [4.78, 5) is 4.18. The molecule has 0 aliphatic carbocycles. The molecule has 0 radical (unpaired) electrons. The van der Waals surface area contributed by atoms with Gasteiger partial charge in [0, 0.05) is 25.7 Å². The molecule has 8 heteroatoms. The quantitative estimate of drug-likeness (QED) is 0.445. The zero-order chi connectivity index (χ0) is 19.8. The average molecular weight is 385 g/mol. The molecule has 148 valence electrons. The lowest BCUT2D eigenvalue weighted by molar-refractivity contribution is 0.414. The average Bonchev–Trinajstić information content (AvgIpc) is 2.55. The van der Waals surface area contributed by atoms with Crippen molar-refractivity contribution in [3.63, 3.8) is 0 Å². The highest BCUT2D eigenvalue weighted by Crippen LogP contribution is 2.21. The number of rotatable bonds is 9. The van der Waals surface area contributed by atoms with Gasteiger partial charge in [0.25, 0.3) is 0 Å². The number of guanidine groups is 1. The number of hydrogen-bond donors (Lipinski definition) is 3. The number of aliphatic imine (C=N–C) groups is 1. The first-order valence-electron chi connectivity index (χ1n) is 8.64. The minimum absolute atomic E-state index is 0.398. The van der Waals surface area contributed by atoms with Crippen LogP contribution in [0.15, 0.2) is 29.3 Å². The summed E-state index contributed by atoms with van der Waals surface area (Å²) in [5.41, 5.74) is 0.649. The number of methoxy groups -OCH3 is 1. The van der Waals surface area contributed by atoms with Gasteiger partial charge in [-0.25, -0.2) is 13.1 Å². The standard InChI is InChI=1S/C18H32N4O3S/c1-14(15-7-9-16(25-5)10-8-15)11-12-20-17(19-4)21-13-18(2,3)22-26(6,23)24/h7-10,14,22H,11-13H2,1-6H3,(H2,19,20,21). The molecule has 0 aromatic heterocycles. The maximum Gasteiger partial charge on any atom is 0.209 e. The summed E-state index contributed by atoms with van der Waals surface area (Å²) in [7, 11) is 0.0946. The summed E-state index contributed by atoms with van der Waals surface area (Å²) in [6.07, 6.45) is 2.10. The largest absolute Gasteiger partial charge is 0.497 e. The van der Waals surface area contributed by atoms with Crippen molar-refractivity contribution in [3.8, 4) is 5.75 Å². The van der Waals surface area contributed by atoms with Gasteiger partial charge < -0.3 is 15.4 Å². The molecule has 1 unspecified atom stereocenters. The van der Waals surface area contributed by atoms with Crippen molar-refractivity contribution < 1.29 is 13.2 Å². The third-order valence-corrected chi connectivity index (χ3v) is 4.86. The third-order valence-electron chi connectivity index (χ3n) is 3.94. The monoisotopic (exact) mass is 384 g/mol. The van der Waals surface area contributed by atoms with Crippen molar-refractivity contribution in [3.05, 3.63) is 29.8 Å². The zero-order valence-electron chi connectivity index (χ0n) is 16.6. The molecule has 0 fully saturated rings. The van der Waals surface area contributed by atoms with Gasteiger partial charge in [0.1, 0.15) is 5.75 Å². The van der Waals surface area contributed by atoms with E-state index in [1.54, 1.807) is 14.2 Å². The van der Waals surface area contributed by atoms with E-state index in [1.807, 2.05) is 26.0 Å². The maximum atomic E-state index is 11.4. The minimum atomic E-state index is -3.26. The van der Waals surface area contributed by atoms with Gasteiger partial charge in [-0.1, -0.05) is 19.1 Å². The molecule has 0 heterocycles. The van der Waals surface area contributed by atoms with Crippen molar-refractivity contribution in [1.82, 2.24) is 15.4 Å². The Morgan fingerprint density at radius 1 is 1.23 bits per heavy atom. The van der Waals surface area contributed by atoms with Crippen molar-refractivity contribution in [1.29, 1.82) is 0 Å². The van der Waals surface area contributed by atoms with Gasteiger partial charge in [0.2, 0.25) is 10.0 Å². The molecule has 0 saturated carbocycles. The summed E-state index contributed by atoms with van der Waals surface area (Å²) in [5, 5.41) is 6.42. The molecule has 3 N–H and O–H groups in total. The number of nitrogens with one attached hydrogen (secondary N) is 3. The number of nitrogens with zero attached hydrogens (tertiary/aromatic N) is 1. The van der Waals surface area contributed by atoms with E-state index in [9.17, 15) is 8.42 Å². The van der Waals surface area contributed by atoms with E-state index >= 15 is 0 Å². The fourth-order valence-electron chi connectivity index (χ4n) is 2.57. The van der Waals surface area contributed by atoms with Crippen molar-refractivity contribution in [2.24, 2.45) is 4.99 Å². The second kappa shape index (κ2) is 9.78. The summed E-state index contributed by atoms with van der Waals surface area (Å²) in [6, 6.07) is 8.10. The van der Waals surface area contributed by atoms with Gasteiger partial charge >= 0.3 is 0 Å². The van der Waals surface area contributed by atoms with Crippen LogP contribution < -0.4 is 20.1 Å². The first-order valence-corrected chi connectivity index (χ1v) is 10.5.